The van der Waals surface area contributed by atoms with Crippen LogP contribution in [0.15, 0.2) is 6.20 Å². The van der Waals surface area contributed by atoms with Crippen molar-refractivity contribution in [2.45, 2.75) is 38.6 Å². The Balaban J connectivity index is 2.02. The summed E-state index contributed by atoms with van der Waals surface area (Å²) < 4.78 is 2.24. The molecule has 0 saturated heterocycles. The molecule has 2 atom stereocenters. The van der Waals surface area contributed by atoms with Crippen LogP contribution in [0.3, 0.4) is 0 Å². The van der Waals surface area contributed by atoms with E-state index < -0.39 is 0 Å². The van der Waals surface area contributed by atoms with Crippen molar-refractivity contribution in [3.8, 4) is 0 Å². The Kier molecular flexibility index (Phi) is 1.79. The first-order valence-electron chi connectivity index (χ1n) is 5.70. The molecular formula is C11H17N3. The van der Waals surface area contributed by atoms with Crippen molar-refractivity contribution in [2.75, 3.05) is 11.9 Å². The summed E-state index contributed by atoms with van der Waals surface area (Å²) in [6.07, 6.45) is 7.18. The zero-order valence-corrected chi connectivity index (χ0v) is 8.66. The van der Waals surface area contributed by atoms with E-state index in [4.69, 9.17) is 0 Å². The van der Waals surface area contributed by atoms with Crippen molar-refractivity contribution in [2.24, 2.45) is 5.92 Å². The molecular weight excluding hydrogens is 174 g/mol. The summed E-state index contributed by atoms with van der Waals surface area (Å²) in [4.78, 5) is 0. The lowest BCUT2D eigenvalue weighted by molar-refractivity contribution is 0.347. The van der Waals surface area contributed by atoms with Crippen LogP contribution in [0.2, 0.25) is 0 Å². The van der Waals surface area contributed by atoms with Gasteiger partial charge in [-0.1, -0.05) is 13.3 Å². The fraction of sp³-hybridized carbons (Fsp3) is 0.727. The molecule has 2 unspecified atom stereocenters. The standard InChI is InChI=1S/C11H17N3/c1-2-8-7-13-14-10-5-3-4-9(10)6-12-11(8)14/h7,9-10,12H,2-6H2,1H3. The molecule has 0 bridgehead atoms. The second-order valence-electron chi connectivity index (χ2n) is 4.46. The van der Waals surface area contributed by atoms with Gasteiger partial charge in [0.05, 0.1) is 12.2 Å². The quantitative estimate of drug-likeness (QED) is 0.737. The SMILES string of the molecule is CCc1cnn2c1NCC1CCCC12. The second kappa shape index (κ2) is 3.01. The summed E-state index contributed by atoms with van der Waals surface area (Å²) in [6.45, 7) is 3.35. The van der Waals surface area contributed by atoms with Gasteiger partial charge < -0.3 is 5.32 Å². The van der Waals surface area contributed by atoms with Gasteiger partial charge >= 0.3 is 0 Å². The molecule has 3 rings (SSSR count). The van der Waals surface area contributed by atoms with E-state index in [2.05, 4.69) is 22.0 Å². The number of nitrogens with zero attached hydrogens (tertiary/aromatic N) is 2. The van der Waals surface area contributed by atoms with Crippen LogP contribution in [-0.2, 0) is 6.42 Å². The predicted octanol–water partition coefficient (Wildman–Crippen LogP) is 2.21. The van der Waals surface area contributed by atoms with Gasteiger partial charge in [-0.05, 0) is 25.2 Å². The van der Waals surface area contributed by atoms with Gasteiger partial charge in [-0.25, -0.2) is 4.68 Å². The van der Waals surface area contributed by atoms with Crippen LogP contribution in [0.1, 0.15) is 37.8 Å². The van der Waals surface area contributed by atoms with Gasteiger partial charge in [0.1, 0.15) is 5.82 Å². The predicted molar refractivity (Wildman–Crippen MR) is 56.5 cm³/mol. The molecule has 2 heterocycles. The van der Waals surface area contributed by atoms with Gasteiger partial charge in [-0.15, -0.1) is 0 Å². The van der Waals surface area contributed by atoms with Crippen LogP contribution in [0, 0.1) is 5.92 Å². The number of aryl methyl sites for hydroxylation is 1. The Bertz CT molecular complexity index is 342. The topological polar surface area (TPSA) is 29.9 Å². The third kappa shape index (κ3) is 1.01. The van der Waals surface area contributed by atoms with Gasteiger partial charge in [0, 0.05) is 12.1 Å². The summed E-state index contributed by atoms with van der Waals surface area (Å²) in [5.41, 5.74) is 1.37. The first kappa shape index (κ1) is 8.33. The van der Waals surface area contributed by atoms with E-state index in [1.807, 2.05) is 6.20 Å². The van der Waals surface area contributed by atoms with Crippen LogP contribution in [0.25, 0.3) is 0 Å². The Morgan fingerprint density at radius 2 is 2.50 bits per heavy atom. The molecule has 0 radical (unpaired) electrons. The maximum atomic E-state index is 4.52. The third-order valence-corrected chi connectivity index (χ3v) is 3.72. The van der Waals surface area contributed by atoms with Crippen molar-refractivity contribution in [1.29, 1.82) is 0 Å². The molecule has 0 amide bonds. The maximum Gasteiger partial charge on any atom is 0.127 e. The van der Waals surface area contributed by atoms with Gasteiger partial charge in [0.2, 0.25) is 0 Å². The molecule has 1 fully saturated rings. The molecule has 76 valence electrons. The summed E-state index contributed by atoms with van der Waals surface area (Å²) in [7, 11) is 0. The van der Waals surface area contributed by atoms with E-state index in [0.717, 1.165) is 18.9 Å². The fourth-order valence-electron chi connectivity index (χ4n) is 2.91. The van der Waals surface area contributed by atoms with Crippen LogP contribution in [0.5, 0.6) is 0 Å². The largest absolute Gasteiger partial charge is 0.370 e. The first-order chi connectivity index (χ1) is 6.90. The molecule has 3 nitrogen and oxygen atoms in total. The Labute approximate surface area is 84.5 Å². The number of fused-ring (bicyclic) bond motifs is 3. The number of anilines is 1. The minimum atomic E-state index is 0.687. The number of hydrogen-bond acceptors (Lipinski definition) is 2. The molecule has 0 spiro atoms. The first-order valence-corrected chi connectivity index (χ1v) is 5.70. The monoisotopic (exact) mass is 191 g/mol. The van der Waals surface area contributed by atoms with E-state index in [1.54, 1.807) is 0 Å². The number of hydrogen-bond donors (Lipinski definition) is 1. The molecule has 1 aliphatic carbocycles. The van der Waals surface area contributed by atoms with Crippen LogP contribution < -0.4 is 5.32 Å². The lowest BCUT2D eigenvalue weighted by atomic mass is 10.0. The van der Waals surface area contributed by atoms with Crippen LogP contribution in [0.4, 0.5) is 5.82 Å². The smallest absolute Gasteiger partial charge is 0.127 e. The zero-order valence-electron chi connectivity index (χ0n) is 8.66. The molecule has 1 aromatic heterocycles. The average molecular weight is 191 g/mol. The fourth-order valence-corrected chi connectivity index (χ4v) is 2.91. The zero-order chi connectivity index (χ0) is 9.54. The Morgan fingerprint density at radius 1 is 1.57 bits per heavy atom. The third-order valence-electron chi connectivity index (χ3n) is 3.72. The highest BCUT2D eigenvalue weighted by Gasteiger charge is 2.34. The number of rotatable bonds is 1. The van der Waals surface area contributed by atoms with Crippen molar-refractivity contribution < 1.29 is 0 Å². The van der Waals surface area contributed by atoms with Gasteiger partial charge in [0.25, 0.3) is 0 Å². The van der Waals surface area contributed by atoms with E-state index in [0.29, 0.717) is 6.04 Å². The van der Waals surface area contributed by atoms with Gasteiger partial charge in [-0.2, -0.15) is 5.10 Å². The van der Waals surface area contributed by atoms with Crippen molar-refractivity contribution in [3.05, 3.63) is 11.8 Å². The molecule has 2 aliphatic rings. The van der Waals surface area contributed by atoms with Crippen LogP contribution >= 0.6 is 0 Å². The van der Waals surface area contributed by atoms with Crippen LogP contribution in [-0.4, -0.2) is 16.3 Å². The highest BCUT2D eigenvalue weighted by Crippen LogP contribution is 2.40. The van der Waals surface area contributed by atoms with E-state index >= 15 is 0 Å². The number of nitrogens with one attached hydrogen (secondary N) is 1. The highest BCUT2D eigenvalue weighted by molar-refractivity contribution is 5.46. The van der Waals surface area contributed by atoms with Gasteiger partial charge in [-0.3, -0.25) is 0 Å². The molecule has 1 aliphatic heterocycles. The lowest BCUT2D eigenvalue weighted by Gasteiger charge is -2.29. The van der Waals surface area contributed by atoms with E-state index in [1.165, 1.54) is 30.6 Å². The Morgan fingerprint density at radius 3 is 3.36 bits per heavy atom. The molecule has 1 saturated carbocycles. The van der Waals surface area contributed by atoms with Crippen molar-refractivity contribution >= 4 is 5.82 Å². The minimum absolute atomic E-state index is 0.687. The number of aromatic nitrogens is 2. The van der Waals surface area contributed by atoms with Gasteiger partial charge in [0.15, 0.2) is 0 Å². The lowest BCUT2D eigenvalue weighted by Crippen LogP contribution is -2.29. The summed E-state index contributed by atoms with van der Waals surface area (Å²) in [5.74, 6) is 2.11. The average Bonchev–Trinajstić information content (AvgIpc) is 2.82. The normalized spacial score (nSPS) is 29.5. The summed E-state index contributed by atoms with van der Waals surface area (Å²) >= 11 is 0. The molecule has 3 heteroatoms. The molecule has 1 aromatic rings. The van der Waals surface area contributed by atoms with E-state index in [9.17, 15) is 0 Å². The molecule has 0 aromatic carbocycles. The maximum absolute atomic E-state index is 4.52. The molecule has 14 heavy (non-hydrogen) atoms. The summed E-state index contributed by atoms with van der Waals surface area (Å²) in [5, 5.41) is 8.06. The van der Waals surface area contributed by atoms with Crippen molar-refractivity contribution in [3.63, 3.8) is 0 Å². The van der Waals surface area contributed by atoms with Crippen molar-refractivity contribution in [1.82, 2.24) is 9.78 Å². The second-order valence-corrected chi connectivity index (χ2v) is 4.46. The van der Waals surface area contributed by atoms with E-state index in [-0.39, 0.29) is 0 Å². The Hall–Kier alpha value is -0.990. The summed E-state index contributed by atoms with van der Waals surface area (Å²) in [6, 6.07) is 0.687. The highest BCUT2D eigenvalue weighted by atomic mass is 15.4. The minimum Gasteiger partial charge on any atom is -0.370 e. The molecule has 1 N–H and O–H groups in total.